The highest BCUT2D eigenvalue weighted by atomic mass is 15.2. The van der Waals surface area contributed by atoms with Gasteiger partial charge in [-0.15, -0.1) is 9.13 Å². The highest BCUT2D eigenvalue weighted by molar-refractivity contribution is 5.89. The number of aromatic nitrogens is 2. The Bertz CT molecular complexity index is 727. The molecule has 0 amide bonds. The maximum atomic E-state index is 2.30. The standard InChI is InChI=1S/C15H12N2/c1-2-9-16-11-17-10-4-6-12-5-3-7-13(15(12)17)14(16)8-1/h1-10H,11H2/q+2. The van der Waals surface area contributed by atoms with Gasteiger partial charge in [0.25, 0.3) is 0 Å². The van der Waals surface area contributed by atoms with E-state index in [-0.39, 0.29) is 0 Å². The van der Waals surface area contributed by atoms with Gasteiger partial charge in [-0.1, -0.05) is 6.07 Å². The fourth-order valence-corrected chi connectivity index (χ4v) is 2.67. The molecule has 0 aliphatic carbocycles. The van der Waals surface area contributed by atoms with Crippen molar-refractivity contribution in [1.82, 2.24) is 0 Å². The molecule has 80 valence electrons. The smallest absolute Gasteiger partial charge is 0.139 e. The summed E-state index contributed by atoms with van der Waals surface area (Å²) in [5, 5.41) is 1.31. The molecule has 0 atom stereocenters. The molecule has 0 fully saturated rings. The summed E-state index contributed by atoms with van der Waals surface area (Å²) in [6.07, 6.45) is 4.28. The van der Waals surface area contributed by atoms with Crippen LogP contribution < -0.4 is 9.13 Å². The molecular formula is C15H12N2+2. The zero-order valence-electron chi connectivity index (χ0n) is 9.38. The summed E-state index contributed by atoms with van der Waals surface area (Å²) in [4.78, 5) is 0. The molecule has 0 radical (unpaired) electrons. The number of rotatable bonds is 0. The zero-order valence-corrected chi connectivity index (χ0v) is 9.38. The molecule has 0 spiro atoms. The van der Waals surface area contributed by atoms with Crippen LogP contribution >= 0.6 is 0 Å². The Labute approximate surface area is 99.4 Å². The van der Waals surface area contributed by atoms with E-state index in [0.29, 0.717) is 0 Å². The normalized spacial score (nSPS) is 12.5. The Morgan fingerprint density at radius 2 is 1.65 bits per heavy atom. The quantitative estimate of drug-likeness (QED) is 0.400. The monoisotopic (exact) mass is 220 g/mol. The predicted molar refractivity (Wildman–Crippen MR) is 65.2 cm³/mol. The van der Waals surface area contributed by atoms with Crippen LogP contribution in [0.1, 0.15) is 0 Å². The van der Waals surface area contributed by atoms with Crippen molar-refractivity contribution >= 4 is 10.9 Å². The highest BCUT2D eigenvalue weighted by Gasteiger charge is 2.28. The highest BCUT2D eigenvalue weighted by Crippen LogP contribution is 2.25. The average Bonchev–Trinajstić information content (AvgIpc) is 2.39. The second kappa shape index (κ2) is 3.14. The van der Waals surface area contributed by atoms with E-state index >= 15 is 0 Å². The van der Waals surface area contributed by atoms with Crippen molar-refractivity contribution in [3.63, 3.8) is 0 Å². The van der Waals surface area contributed by atoms with Crippen LogP contribution in [0.15, 0.2) is 60.9 Å². The van der Waals surface area contributed by atoms with Gasteiger partial charge in [-0.05, 0) is 24.3 Å². The van der Waals surface area contributed by atoms with Gasteiger partial charge in [0, 0.05) is 23.6 Å². The van der Waals surface area contributed by atoms with E-state index < -0.39 is 0 Å². The molecule has 0 bridgehead atoms. The maximum absolute atomic E-state index is 2.30. The van der Waals surface area contributed by atoms with E-state index in [9.17, 15) is 0 Å². The van der Waals surface area contributed by atoms with Gasteiger partial charge in [0.05, 0.1) is 0 Å². The van der Waals surface area contributed by atoms with Crippen molar-refractivity contribution in [3.05, 3.63) is 60.9 Å². The SMILES string of the molecule is c1cc[n+]2c(c1)-c1cccc3ccc[n+](c13)C2. The molecule has 3 aromatic rings. The molecule has 3 heterocycles. The van der Waals surface area contributed by atoms with Gasteiger partial charge in [0.1, 0.15) is 5.56 Å². The molecule has 4 rings (SSSR count). The summed E-state index contributed by atoms with van der Waals surface area (Å²) in [5.74, 6) is 0. The first-order valence-electron chi connectivity index (χ1n) is 5.83. The van der Waals surface area contributed by atoms with E-state index in [2.05, 4.69) is 70.1 Å². The van der Waals surface area contributed by atoms with Crippen LogP contribution in [0.4, 0.5) is 0 Å². The lowest BCUT2D eigenvalue weighted by atomic mass is 10.0. The number of para-hydroxylation sites is 1. The summed E-state index contributed by atoms with van der Waals surface area (Å²) >= 11 is 0. The number of fused-ring (bicyclic) bond motifs is 2. The van der Waals surface area contributed by atoms with Crippen LogP contribution in [-0.2, 0) is 6.67 Å². The lowest BCUT2D eigenvalue weighted by Gasteiger charge is -2.10. The summed E-state index contributed by atoms with van der Waals surface area (Å²) in [6, 6.07) is 17.2. The first kappa shape index (κ1) is 8.88. The van der Waals surface area contributed by atoms with Crippen molar-refractivity contribution in [3.8, 4) is 11.3 Å². The molecule has 0 unspecified atom stereocenters. The van der Waals surface area contributed by atoms with E-state index in [4.69, 9.17) is 0 Å². The van der Waals surface area contributed by atoms with Gasteiger partial charge in [-0.2, -0.15) is 0 Å². The van der Waals surface area contributed by atoms with Gasteiger partial charge in [-0.3, -0.25) is 0 Å². The Morgan fingerprint density at radius 3 is 2.65 bits per heavy atom. The summed E-state index contributed by atoms with van der Waals surface area (Å²) in [5.41, 5.74) is 3.94. The Kier molecular flexibility index (Phi) is 1.64. The van der Waals surface area contributed by atoms with Crippen LogP contribution in [0.5, 0.6) is 0 Å². The van der Waals surface area contributed by atoms with Crippen molar-refractivity contribution in [2.24, 2.45) is 0 Å². The Balaban J connectivity index is 2.22. The van der Waals surface area contributed by atoms with Crippen molar-refractivity contribution in [2.75, 3.05) is 0 Å². The molecule has 2 nitrogen and oxygen atoms in total. The van der Waals surface area contributed by atoms with Crippen molar-refractivity contribution in [1.29, 1.82) is 0 Å². The molecule has 1 aliphatic heterocycles. The van der Waals surface area contributed by atoms with E-state index in [1.165, 1.54) is 22.2 Å². The maximum Gasteiger partial charge on any atom is 0.344 e. The molecular weight excluding hydrogens is 208 g/mol. The largest absolute Gasteiger partial charge is 0.344 e. The van der Waals surface area contributed by atoms with Gasteiger partial charge in [0.2, 0.25) is 11.2 Å². The molecule has 2 aromatic heterocycles. The zero-order chi connectivity index (χ0) is 11.2. The first-order chi connectivity index (χ1) is 8.43. The van der Waals surface area contributed by atoms with E-state index in [1.54, 1.807) is 0 Å². The summed E-state index contributed by atoms with van der Waals surface area (Å²) in [7, 11) is 0. The second-order valence-electron chi connectivity index (χ2n) is 4.42. The van der Waals surface area contributed by atoms with Crippen LogP contribution in [0.3, 0.4) is 0 Å². The number of hydrogen-bond donors (Lipinski definition) is 0. The third kappa shape index (κ3) is 1.15. The van der Waals surface area contributed by atoms with Gasteiger partial charge < -0.3 is 0 Å². The summed E-state index contributed by atoms with van der Waals surface area (Å²) < 4.78 is 4.58. The van der Waals surface area contributed by atoms with Gasteiger partial charge >= 0.3 is 6.67 Å². The first-order valence-corrected chi connectivity index (χ1v) is 5.83. The fraction of sp³-hybridized carbons (Fsp3) is 0.0667. The van der Waals surface area contributed by atoms with Crippen molar-refractivity contribution in [2.45, 2.75) is 6.67 Å². The molecule has 2 heteroatoms. The van der Waals surface area contributed by atoms with Crippen LogP contribution in [0.2, 0.25) is 0 Å². The fourth-order valence-electron chi connectivity index (χ4n) is 2.67. The topological polar surface area (TPSA) is 7.76 Å². The third-order valence-corrected chi connectivity index (χ3v) is 3.42. The van der Waals surface area contributed by atoms with Gasteiger partial charge in [-0.25, -0.2) is 0 Å². The minimum Gasteiger partial charge on any atom is -0.139 e. The van der Waals surface area contributed by atoms with Crippen LogP contribution in [0, 0.1) is 0 Å². The molecule has 0 saturated heterocycles. The summed E-state index contributed by atoms with van der Waals surface area (Å²) in [6.45, 7) is 0.893. The second-order valence-corrected chi connectivity index (χ2v) is 4.42. The molecule has 0 saturated carbocycles. The molecule has 17 heavy (non-hydrogen) atoms. The third-order valence-electron chi connectivity index (χ3n) is 3.42. The number of nitrogens with zero attached hydrogens (tertiary/aromatic N) is 2. The molecule has 1 aromatic carbocycles. The Morgan fingerprint density at radius 1 is 0.765 bits per heavy atom. The number of pyridine rings is 2. The number of benzene rings is 1. The van der Waals surface area contributed by atoms with Crippen LogP contribution in [0.25, 0.3) is 22.2 Å². The predicted octanol–water partition coefficient (Wildman–Crippen LogP) is 1.90. The Hall–Kier alpha value is -2.22. The lowest BCUT2D eigenvalue weighted by molar-refractivity contribution is -0.901. The molecule has 1 aliphatic rings. The number of hydrogen-bond acceptors (Lipinski definition) is 0. The molecule has 0 N–H and O–H groups in total. The average molecular weight is 220 g/mol. The van der Waals surface area contributed by atoms with E-state index in [1.807, 2.05) is 0 Å². The minimum atomic E-state index is 0.893. The van der Waals surface area contributed by atoms with E-state index in [0.717, 1.165) is 6.67 Å². The van der Waals surface area contributed by atoms with Crippen LogP contribution in [-0.4, -0.2) is 0 Å². The lowest BCUT2D eigenvalue weighted by Crippen LogP contribution is -2.55. The minimum absolute atomic E-state index is 0.893. The van der Waals surface area contributed by atoms with Gasteiger partial charge in [0.15, 0.2) is 12.4 Å². The van der Waals surface area contributed by atoms with Crippen molar-refractivity contribution < 1.29 is 9.13 Å².